The fraction of sp³-hybridized carbons (Fsp3) is 0.130. The molecule has 7 heteroatoms. The third kappa shape index (κ3) is 3.77. The Bertz CT molecular complexity index is 1210. The van der Waals surface area contributed by atoms with Gasteiger partial charge >= 0.3 is 5.97 Å². The summed E-state index contributed by atoms with van der Waals surface area (Å²) in [6, 6.07) is 17.2. The van der Waals surface area contributed by atoms with E-state index in [2.05, 4.69) is 15.4 Å². The Morgan fingerprint density at radius 3 is 2.47 bits per heavy atom. The number of carbonyl (C=O) groups excluding carboxylic acids is 2. The van der Waals surface area contributed by atoms with Crippen LogP contribution in [0.15, 0.2) is 67.0 Å². The van der Waals surface area contributed by atoms with Crippen LogP contribution in [-0.2, 0) is 9.53 Å². The smallest absolute Gasteiger partial charge is 0.344 e. The lowest BCUT2D eigenvalue weighted by molar-refractivity contribution is -0.119. The van der Waals surface area contributed by atoms with Gasteiger partial charge in [0.1, 0.15) is 5.56 Å². The van der Waals surface area contributed by atoms with Crippen molar-refractivity contribution in [2.75, 3.05) is 11.9 Å². The molecule has 0 bridgehead atoms. The molecule has 0 spiro atoms. The monoisotopic (exact) mass is 400 g/mol. The highest BCUT2D eigenvalue weighted by atomic mass is 16.5. The van der Waals surface area contributed by atoms with Crippen LogP contribution in [0, 0.1) is 13.8 Å². The highest BCUT2D eigenvalue weighted by Gasteiger charge is 2.19. The molecule has 1 amide bonds. The number of aromatic nitrogens is 3. The Hall–Kier alpha value is -4.00. The molecule has 0 aliphatic carbocycles. The topological polar surface area (TPSA) is 85.6 Å². The summed E-state index contributed by atoms with van der Waals surface area (Å²) in [7, 11) is 0. The molecule has 0 saturated carbocycles. The number of benzene rings is 2. The first-order valence-electron chi connectivity index (χ1n) is 9.46. The van der Waals surface area contributed by atoms with Gasteiger partial charge in [-0.3, -0.25) is 4.79 Å². The standard InChI is InChI=1S/C23H20N4O3/c1-15-7-6-8-16(2)21(15)26-20(28)14-30-23(29)18-13-25-27-19(11-12-24-22(18)27)17-9-4-3-5-10-17/h3-13H,14H2,1-2H3,(H,26,28). The summed E-state index contributed by atoms with van der Waals surface area (Å²) in [5.74, 6) is -1.06. The Morgan fingerprint density at radius 1 is 1.00 bits per heavy atom. The predicted molar refractivity (Wildman–Crippen MR) is 113 cm³/mol. The van der Waals surface area contributed by atoms with Gasteiger partial charge in [0, 0.05) is 17.4 Å². The molecule has 0 radical (unpaired) electrons. The van der Waals surface area contributed by atoms with Crippen LogP contribution < -0.4 is 5.32 Å². The summed E-state index contributed by atoms with van der Waals surface area (Å²) < 4.78 is 6.80. The van der Waals surface area contributed by atoms with E-state index in [0.717, 1.165) is 28.1 Å². The van der Waals surface area contributed by atoms with E-state index in [1.54, 1.807) is 10.7 Å². The van der Waals surface area contributed by atoms with Crippen LogP contribution in [-0.4, -0.2) is 33.1 Å². The number of ether oxygens (including phenoxy) is 1. The molecule has 0 atom stereocenters. The number of anilines is 1. The maximum atomic E-state index is 12.6. The summed E-state index contributed by atoms with van der Waals surface area (Å²) in [6.07, 6.45) is 3.02. The molecular weight excluding hydrogens is 380 g/mol. The summed E-state index contributed by atoms with van der Waals surface area (Å²) in [5, 5.41) is 7.08. The van der Waals surface area contributed by atoms with Gasteiger partial charge in [-0.25, -0.2) is 14.3 Å². The van der Waals surface area contributed by atoms with E-state index in [1.807, 2.05) is 68.4 Å². The fourth-order valence-electron chi connectivity index (χ4n) is 3.26. The number of nitrogens with zero attached hydrogens (tertiary/aromatic N) is 3. The summed E-state index contributed by atoms with van der Waals surface area (Å²) in [5.41, 5.74) is 4.92. The molecule has 0 fully saturated rings. The normalized spacial score (nSPS) is 10.7. The number of rotatable bonds is 5. The Balaban J connectivity index is 1.50. The Morgan fingerprint density at radius 2 is 1.73 bits per heavy atom. The first-order valence-corrected chi connectivity index (χ1v) is 9.46. The maximum Gasteiger partial charge on any atom is 0.344 e. The van der Waals surface area contributed by atoms with Gasteiger partial charge in [-0.1, -0.05) is 48.5 Å². The van der Waals surface area contributed by atoms with Crippen molar-refractivity contribution in [3.63, 3.8) is 0 Å². The van der Waals surface area contributed by atoms with Gasteiger partial charge in [0.25, 0.3) is 5.91 Å². The van der Waals surface area contributed by atoms with Crippen LogP contribution >= 0.6 is 0 Å². The van der Waals surface area contributed by atoms with Crippen LogP contribution in [0.5, 0.6) is 0 Å². The number of esters is 1. The van der Waals surface area contributed by atoms with Gasteiger partial charge in [0.2, 0.25) is 0 Å². The minimum Gasteiger partial charge on any atom is -0.452 e. The van der Waals surface area contributed by atoms with Crippen molar-refractivity contribution < 1.29 is 14.3 Å². The van der Waals surface area contributed by atoms with Gasteiger partial charge in [0.15, 0.2) is 12.3 Å². The van der Waals surface area contributed by atoms with Crippen LogP contribution in [0.4, 0.5) is 5.69 Å². The zero-order chi connectivity index (χ0) is 21.1. The van der Waals surface area contributed by atoms with Gasteiger partial charge in [-0.2, -0.15) is 5.10 Å². The zero-order valence-corrected chi connectivity index (χ0v) is 16.6. The number of carbonyl (C=O) groups is 2. The van der Waals surface area contributed by atoms with E-state index in [-0.39, 0.29) is 5.56 Å². The molecule has 4 aromatic rings. The second kappa shape index (κ2) is 8.16. The van der Waals surface area contributed by atoms with Gasteiger partial charge in [-0.15, -0.1) is 0 Å². The fourth-order valence-corrected chi connectivity index (χ4v) is 3.26. The van der Waals surface area contributed by atoms with Crippen molar-refractivity contribution in [3.8, 4) is 11.3 Å². The van der Waals surface area contributed by atoms with E-state index >= 15 is 0 Å². The second-order valence-corrected chi connectivity index (χ2v) is 6.88. The lowest BCUT2D eigenvalue weighted by atomic mass is 10.1. The maximum absolute atomic E-state index is 12.6. The molecule has 0 aliphatic heterocycles. The third-order valence-corrected chi connectivity index (χ3v) is 4.77. The Labute approximate surface area is 173 Å². The minimum absolute atomic E-state index is 0.202. The van der Waals surface area contributed by atoms with Crippen LogP contribution in [0.1, 0.15) is 21.5 Å². The van der Waals surface area contributed by atoms with Gasteiger partial charge < -0.3 is 10.1 Å². The molecule has 30 heavy (non-hydrogen) atoms. The van der Waals surface area contributed by atoms with Crippen LogP contribution in [0.25, 0.3) is 16.9 Å². The molecule has 7 nitrogen and oxygen atoms in total. The summed E-state index contributed by atoms with van der Waals surface area (Å²) in [4.78, 5) is 29.1. The molecule has 2 aromatic heterocycles. The van der Waals surface area contributed by atoms with Crippen molar-refractivity contribution in [2.24, 2.45) is 0 Å². The van der Waals surface area contributed by atoms with E-state index < -0.39 is 18.5 Å². The number of hydrogen-bond donors (Lipinski definition) is 1. The molecule has 2 aromatic carbocycles. The summed E-state index contributed by atoms with van der Waals surface area (Å²) in [6.45, 7) is 3.41. The number of nitrogens with one attached hydrogen (secondary N) is 1. The predicted octanol–water partition coefficient (Wildman–Crippen LogP) is 3.81. The lowest BCUT2D eigenvalue weighted by Gasteiger charge is -2.11. The molecule has 150 valence electrons. The first kappa shape index (κ1) is 19.3. The van der Waals surface area contributed by atoms with E-state index in [9.17, 15) is 9.59 Å². The molecule has 0 saturated heterocycles. The van der Waals surface area contributed by atoms with Crippen molar-refractivity contribution in [3.05, 3.63) is 83.7 Å². The van der Waals surface area contributed by atoms with Crippen molar-refractivity contribution in [1.29, 1.82) is 0 Å². The first-order chi connectivity index (χ1) is 14.5. The van der Waals surface area contributed by atoms with E-state index in [0.29, 0.717) is 5.65 Å². The SMILES string of the molecule is Cc1cccc(C)c1NC(=O)COC(=O)c1cnn2c(-c3ccccc3)ccnc12. The molecular formula is C23H20N4O3. The van der Waals surface area contributed by atoms with E-state index in [4.69, 9.17) is 4.74 Å². The molecule has 4 rings (SSSR count). The highest BCUT2D eigenvalue weighted by molar-refractivity contribution is 5.99. The van der Waals surface area contributed by atoms with E-state index in [1.165, 1.54) is 6.20 Å². The average Bonchev–Trinajstić information content (AvgIpc) is 3.20. The third-order valence-electron chi connectivity index (χ3n) is 4.77. The van der Waals surface area contributed by atoms with Crippen molar-refractivity contribution in [2.45, 2.75) is 13.8 Å². The second-order valence-electron chi connectivity index (χ2n) is 6.88. The van der Waals surface area contributed by atoms with Crippen LogP contribution in [0.3, 0.4) is 0 Å². The quantitative estimate of drug-likeness (QED) is 0.515. The number of fused-ring (bicyclic) bond motifs is 1. The number of aryl methyl sites for hydroxylation is 2. The number of hydrogen-bond acceptors (Lipinski definition) is 5. The number of amides is 1. The van der Waals surface area contributed by atoms with Crippen molar-refractivity contribution >= 4 is 23.2 Å². The largest absolute Gasteiger partial charge is 0.452 e. The number of para-hydroxylation sites is 1. The molecule has 1 N–H and O–H groups in total. The summed E-state index contributed by atoms with van der Waals surface area (Å²) >= 11 is 0. The zero-order valence-electron chi connectivity index (χ0n) is 16.6. The van der Waals surface area contributed by atoms with Crippen molar-refractivity contribution in [1.82, 2.24) is 14.6 Å². The molecule has 0 unspecified atom stereocenters. The minimum atomic E-state index is -0.653. The molecule has 0 aliphatic rings. The average molecular weight is 400 g/mol. The highest BCUT2D eigenvalue weighted by Crippen LogP contribution is 2.21. The van der Waals surface area contributed by atoms with Crippen LogP contribution in [0.2, 0.25) is 0 Å². The lowest BCUT2D eigenvalue weighted by Crippen LogP contribution is -2.21. The van der Waals surface area contributed by atoms with Gasteiger partial charge in [-0.05, 0) is 31.0 Å². The van der Waals surface area contributed by atoms with Gasteiger partial charge in [0.05, 0.1) is 11.9 Å². The Kier molecular flexibility index (Phi) is 5.26. The molecule has 2 heterocycles.